The van der Waals surface area contributed by atoms with E-state index in [-0.39, 0.29) is 0 Å². The van der Waals surface area contributed by atoms with Gasteiger partial charge in [-0.2, -0.15) is 0 Å². The van der Waals surface area contributed by atoms with Crippen LogP contribution in [0.3, 0.4) is 0 Å². The topological polar surface area (TPSA) is 54.2 Å². The molecular weight excluding hydrogens is 238 g/mol. The highest BCUT2D eigenvalue weighted by Crippen LogP contribution is 2.28. The van der Waals surface area contributed by atoms with Crippen molar-refractivity contribution in [1.82, 2.24) is 20.2 Å². The molecule has 5 heteroatoms. The molecule has 0 bridgehead atoms. The number of aromatic nitrogens is 2. The molecule has 0 amide bonds. The van der Waals surface area contributed by atoms with Crippen molar-refractivity contribution in [3.8, 4) is 0 Å². The zero-order chi connectivity index (χ0) is 13.8. The van der Waals surface area contributed by atoms with Crippen molar-refractivity contribution in [2.24, 2.45) is 16.8 Å². The molecule has 1 fully saturated rings. The summed E-state index contributed by atoms with van der Waals surface area (Å²) >= 11 is 0. The second kappa shape index (κ2) is 6.08. The van der Waals surface area contributed by atoms with Gasteiger partial charge in [0.05, 0.1) is 6.54 Å². The number of guanidine groups is 1. The third kappa shape index (κ3) is 3.98. The number of nitrogens with one attached hydrogen (secondary N) is 2. The molecule has 1 aromatic heterocycles. The normalized spacial score (nSPS) is 22.7. The summed E-state index contributed by atoms with van der Waals surface area (Å²) in [4.78, 5) is 8.65. The fourth-order valence-corrected chi connectivity index (χ4v) is 2.12. The van der Waals surface area contributed by atoms with Gasteiger partial charge in [0, 0.05) is 32.0 Å². The molecule has 1 saturated carbocycles. The van der Waals surface area contributed by atoms with Crippen molar-refractivity contribution in [2.75, 3.05) is 7.05 Å². The van der Waals surface area contributed by atoms with Gasteiger partial charge in [-0.1, -0.05) is 20.8 Å². The molecule has 0 aromatic carbocycles. The summed E-state index contributed by atoms with van der Waals surface area (Å²) in [5.74, 6) is 3.31. The van der Waals surface area contributed by atoms with Crippen molar-refractivity contribution in [3.63, 3.8) is 0 Å². The first-order chi connectivity index (χ1) is 9.10. The van der Waals surface area contributed by atoms with Gasteiger partial charge in [-0.15, -0.1) is 0 Å². The molecule has 19 heavy (non-hydrogen) atoms. The first kappa shape index (κ1) is 13.9. The first-order valence-corrected chi connectivity index (χ1v) is 7.07. The average molecular weight is 263 g/mol. The van der Waals surface area contributed by atoms with Crippen LogP contribution >= 0.6 is 0 Å². The molecule has 5 nitrogen and oxygen atoms in total. The van der Waals surface area contributed by atoms with Crippen LogP contribution in [0.25, 0.3) is 0 Å². The van der Waals surface area contributed by atoms with Gasteiger partial charge in [0.2, 0.25) is 0 Å². The molecule has 2 N–H and O–H groups in total. The molecule has 1 heterocycles. The van der Waals surface area contributed by atoms with Crippen LogP contribution in [-0.2, 0) is 13.1 Å². The number of aliphatic imine (C=N–C) groups is 1. The van der Waals surface area contributed by atoms with Crippen molar-refractivity contribution < 1.29 is 0 Å². The third-order valence-electron chi connectivity index (χ3n) is 3.43. The molecule has 1 aliphatic carbocycles. The van der Waals surface area contributed by atoms with Crippen LogP contribution in [0.1, 0.15) is 33.0 Å². The Morgan fingerprint density at radius 3 is 2.89 bits per heavy atom. The maximum atomic E-state index is 4.40. The number of hydrogen-bond acceptors (Lipinski definition) is 2. The van der Waals surface area contributed by atoms with Crippen LogP contribution in [-0.4, -0.2) is 28.6 Å². The maximum absolute atomic E-state index is 4.40. The van der Waals surface area contributed by atoms with Crippen molar-refractivity contribution in [1.29, 1.82) is 0 Å². The van der Waals surface area contributed by atoms with Gasteiger partial charge in [-0.25, -0.2) is 4.98 Å². The number of hydrogen-bond donors (Lipinski definition) is 2. The first-order valence-electron chi connectivity index (χ1n) is 7.07. The predicted molar refractivity (Wildman–Crippen MR) is 78.0 cm³/mol. The number of rotatable bonds is 5. The quantitative estimate of drug-likeness (QED) is 0.627. The monoisotopic (exact) mass is 263 g/mol. The lowest BCUT2D eigenvalue weighted by Gasteiger charge is -2.13. The van der Waals surface area contributed by atoms with E-state index < -0.39 is 0 Å². The second-order valence-corrected chi connectivity index (χ2v) is 5.78. The smallest absolute Gasteiger partial charge is 0.191 e. The second-order valence-electron chi connectivity index (χ2n) is 5.78. The Balaban J connectivity index is 1.85. The van der Waals surface area contributed by atoms with Crippen LogP contribution in [0.5, 0.6) is 0 Å². The summed E-state index contributed by atoms with van der Waals surface area (Å²) in [5.41, 5.74) is 0. The highest BCUT2D eigenvalue weighted by atomic mass is 15.2. The van der Waals surface area contributed by atoms with Crippen LogP contribution in [0, 0.1) is 11.8 Å². The fraction of sp³-hybridized carbons (Fsp3) is 0.714. The van der Waals surface area contributed by atoms with Crippen LogP contribution in [0.4, 0.5) is 0 Å². The molecule has 1 aromatic rings. The molecule has 1 aliphatic rings. The summed E-state index contributed by atoms with van der Waals surface area (Å²) in [5, 5.41) is 6.75. The van der Waals surface area contributed by atoms with Gasteiger partial charge >= 0.3 is 0 Å². The zero-order valence-electron chi connectivity index (χ0n) is 12.3. The van der Waals surface area contributed by atoms with E-state index in [4.69, 9.17) is 0 Å². The molecule has 2 rings (SSSR count). The molecule has 0 radical (unpaired) electrons. The molecule has 0 spiro atoms. The Bertz CT molecular complexity index is 435. The van der Waals surface area contributed by atoms with E-state index in [0.717, 1.165) is 24.2 Å². The third-order valence-corrected chi connectivity index (χ3v) is 3.43. The lowest BCUT2D eigenvalue weighted by molar-refractivity contribution is 0.503. The molecular formula is C14H25N5. The highest BCUT2D eigenvalue weighted by Gasteiger charge is 2.33. The van der Waals surface area contributed by atoms with E-state index in [2.05, 4.69) is 45.9 Å². The molecule has 2 unspecified atom stereocenters. The summed E-state index contributed by atoms with van der Waals surface area (Å²) in [6, 6.07) is 0.585. The summed E-state index contributed by atoms with van der Waals surface area (Å²) < 4.78 is 2.20. The SMILES string of the molecule is CN=C(NCc1nccn1CC(C)C)NC1CC1C. The van der Waals surface area contributed by atoms with Gasteiger partial charge < -0.3 is 15.2 Å². The van der Waals surface area contributed by atoms with Gasteiger partial charge in [0.15, 0.2) is 5.96 Å². The maximum Gasteiger partial charge on any atom is 0.191 e. The van der Waals surface area contributed by atoms with E-state index in [1.54, 1.807) is 0 Å². The zero-order valence-corrected chi connectivity index (χ0v) is 12.3. The van der Waals surface area contributed by atoms with Gasteiger partial charge in [0.1, 0.15) is 5.82 Å². The van der Waals surface area contributed by atoms with E-state index in [0.29, 0.717) is 18.5 Å². The highest BCUT2D eigenvalue weighted by molar-refractivity contribution is 5.80. The largest absolute Gasteiger partial charge is 0.353 e. The van der Waals surface area contributed by atoms with E-state index in [1.165, 1.54) is 6.42 Å². The Morgan fingerprint density at radius 1 is 1.58 bits per heavy atom. The van der Waals surface area contributed by atoms with E-state index in [9.17, 15) is 0 Å². The number of nitrogens with zero attached hydrogens (tertiary/aromatic N) is 3. The van der Waals surface area contributed by atoms with Gasteiger partial charge in [0.25, 0.3) is 0 Å². The van der Waals surface area contributed by atoms with Crippen LogP contribution in [0.2, 0.25) is 0 Å². The summed E-state index contributed by atoms with van der Waals surface area (Å²) in [7, 11) is 1.81. The predicted octanol–water partition coefficient (Wildman–Crippen LogP) is 1.61. The Morgan fingerprint density at radius 2 is 2.32 bits per heavy atom. The van der Waals surface area contributed by atoms with Gasteiger partial charge in [-0.3, -0.25) is 4.99 Å². The summed E-state index contributed by atoms with van der Waals surface area (Å²) in [6.45, 7) is 8.39. The lowest BCUT2D eigenvalue weighted by Crippen LogP contribution is -2.39. The Kier molecular flexibility index (Phi) is 4.45. The molecule has 106 valence electrons. The van der Waals surface area contributed by atoms with E-state index >= 15 is 0 Å². The van der Waals surface area contributed by atoms with Crippen molar-refractivity contribution in [2.45, 2.75) is 46.3 Å². The average Bonchev–Trinajstić information content (AvgIpc) is 2.86. The minimum Gasteiger partial charge on any atom is -0.353 e. The molecule has 0 saturated heterocycles. The van der Waals surface area contributed by atoms with Crippen molar-refractivity contribution >= 4 is 5.96 Å². The van der Waals surface area contributed by atoms with Crippen LogP contribution in [0.15, 0.2) is 17.4 Å². The Labute approximate surface area is 115 Å². The fourth-order valence-electron chi connectivity index (χ4n) is 2.12. The minimum absolute atomic E-state index is 0.585. The minimum atomic E-state index is 0.585. The molecule has 2 atom stereocenters. The number of imidazole rings is 1. The summed E-state index contributed by atoms with van der Waals surface area (Å²) in [6.07, 6.45) is 5.14. The van der Waals surface area contributed by atoms with Crippen molar-refractivity contribution in [3.05, 3.63) is 18.2 Å². The van der Waals surface area contributed by atoms with E-state index in [1.807, 2.05) is 19.4 Å². The lowest BCUT2D eigenvalue weighted by atomic mass is 10.2. The Hall–Kier alpha value is -1.52. The standard InChI is InChI=1S/C14H25N5/c1-10(2)9-19-6-5-16-13(19)8-17-14(15-4)18-12-7-11(12)3/h5-6,10-12H,7-9H2,1-4H3,(H2,15,17,18). The van der Waals surface area contributed by atoms with Crippen LogP contribution < -0.4 is 10.6 Å². The van der Waals surface area contributed by atoms with Gasteiger partial charge in [-0.05, 0) is 18.3 Å². The molecule has 0 aliphatic heterocycles.